The molecule has 4 nitrogen and oxygen atoms in total. The predicted molar refractivity (Wildman–Crippen MR) is 88.0 cm³/mol. The zero-order valence-electron chi connectivity index (χ0n) is 14.2. The summed E-state index contributed by atoms with van der Waals surface area (Å²) in [7, 11) is 0. The van der Waals surface area contributed by atoms with E-state index >= 15 is 0 Å². The SMILES string of the molecule is C[C@@H]1CC(O)(c2cccc(COC3CCCCO3)c2)C[C@H](C)O1. The van der Waals surface area contributed by atoms with Crippen LogP contribution in [0.15, 0.2) is 24.3 Å². The summed E-state index contributed by atoms with van der Waals surface area (Å²) in [4.78, 5) is 0. The van der Waals surface area contributed by atoms with Crippen LogP contribution in [0, 0.1) is 0 Å². The molecule has 128 valence electrons. The van der Waals surface area contributed by atoms with Gasteiger partial charge in [-0.1, -0.05) is 24.3 Å². The van der Waals surface area contributed by atoms with Gasteiger partial charge in [-0.25, -0.2) is 0 Å². The Morgan fingerprint density at radius 1 is 1.22 bits per heavy atom. The largest absolute Gasteiger partial charge is 0.385 e. The third-order valence-corrected chi connectivity index (χ3v) is 4.75. The molecule has 4 heteroatoms. The zero-order chi connectivity index (χ0) is 16.3. The Kier molecular flexibility index (Phi) is 5.37. The highest BCUT2D eigenvalue weighted by molar-refractivity contribution is 5.28. The molecule has 3 rings (SSSR count). The average Bonchev–Trinajstić information content (AvgIpc) is 2.53. The fourth-order valence-electron chi connectivity index (χ4n) is 3.75. The molecule has 23 heavy (non-hydrogen) atoms. The Balaban J connectivity index is 1.66. The summed E-state index contributed by atoms with van der Waals surface area (Å²) in [5.74, 6) is 0. The van der Waals surface area contributed by atoms with Gasteiger partial charge >= 0.3 is 0 Å². The minimum atomic E-state index is -0.811. The molecule has 0 amide bonds. The molecular weight excluding hydrogens is 292 g/mol. The van der Waals surface area contributed by atoms with E-state index in [0.29, 0.717) is 19.4 Å². The molecule has 2 fully saturated rings. The van der Waals surface area contributed by atoms with Crippen molar-refractivity contribution in [3.63, 3.8) is 0 Å². The Labute approximate surface area is 138 Å². The number of aliphatic hydroxyl groups is 1. The number of rotatable bonds is 4. The van der Waals surface area contributed by atoms with Crippen LogP contribution >= 0.6 is 0 Å². The maximum atomic E-state index is 11.1. The van der Waals surface area contributed by atoms with Crippen molar-refractivity contribution >= 4 is 0 Å². The molecule has 0 radical (unpaired) electrons. The van der Waals surface area contributed by atoms with Gasteiger partial charge < -0.3 is 19.3 Å². The van der Waals surface area contributed by atoms with E-state index in [1.165, 1.54) is 6.42 Å². The van der Waals surface area contributed by atoms with E-state index in [2.05, 4.69) is 6.07 Å². The minimum absolute atomic E-state index is 0.0688. The zero-order valence-corrected chi connectivity index (χ0v) is 14.2. The third kappa shape index (κ3) is 4.32. The molecule has 2 saturated heterocycles. The minimum Gasteiger partial charge on any atom is -0.385 e. The van der Waals surface area contributed by atoms with Crippen molar-refractivity contribution in [2.45, 2.75) is 76.7 Å². The van der Waals surface area contributed by atoms with Crippen LogP contribution in [0.3, 0.4) is 0 Å². The third-order valence-electron chi connectivity index (χ3n) is 4.75. The second-order valence-corrected chi connectivity index (χ2v) is 7.00. The smallest absolute Gasteiger partial charge is 0.158 e. The van der Waals surface area contributed by atoms with E-state index in [9.17, 15) is 5.11 Å². The first-order valence-corrected chi connectivity index (χ1v) is 8.76. The Morgan fingerprint density at radius 3 is 2.70 bits per heavy atom. The first kappa shape index (κ1) is 16.9. The molecule has 2 aliphatic rings. The summed E-state index contributed by atoms with van der Waals surface area (Å²) >= 11 is 0. The lowest BCUT2D eigenvalue weighted by Crippen LogP contribution is -2.41. The van der Waals surface area contributed by atoms with Gasteiger partial charge in [0.1, 0.15) is 0 Å². The van der Waals surface area contributed by atoms with Gasteiger partial charge in [-0.15, -0.1) is 0 Å². The topological polar surface area (TPSA) is 47.9 Å². The van der Waals surface area contributed by atoms with E-state index < -0.39 is 5.60 Å². The maximum absolute atomic E-state index is 11.1. The van der Waals surface area contributed by atoms with Gasteiger partial charge in [0.15, 0.2) is 6.29 Å². The predicted octanol–water partition coefficient (Wildman–Crippen LogP) is 3.50. The number of ether oxygens (including phenoxy) is 3. The lowest BCUT2D eigenvalue weighted by atomic mass is 9.81. The van der Waals surface area contributed by atoms with E-state index in [1.807, 2.05) is 32.0 Å². The molecule has 0 spiro atoms. The monoisotopic (exact) mass is 320 g/mol. The van der Waals surface area contributed by atoms with Crippen LogP contribution in [0.5, 0.6) is 0 Å². The van der Waals surface area contributed by atoms with E-state index in [-0.39, 0.29) is 18.5 Å². The summed E-state index contributed by atoms with van der Waals surface area (Å²) in [5.41, 5.74) is 1.23. The fourth-order valence-corrected chi connectivity index (χ4v) is 3.75. The van der Waals surface area contributed by atoms with Gasteiger partial charge in [-0.05, 0) is 44.2 Å². The molecule has 0 bridgehead atoms. The van der Waals surface area contributed by atoms with Crippen LogP contribution < -0.4 is 0 Å². The molecule has 2 unspecified atom stereocenters. The molecule has 1 aromatic carbocycles. The lowest BCUT2D eigenvalue weighted by Gasteiger charge is -2.39. The molecule has 2 aliphatic heterocycles. The molecule has 2 heterocycles. The van der Waals surface area contributed by atoms with Crippen molar-refractivity contribution in [3.05, 3.63) is 35.4 Å². The van der Waals surface area contributed by atoms with Crippen molar-refractivity contribution in [3.8, 4) is 0 Å². The van der Waals surface area contributed by atoms with Crippen molar-refractivity contribution in [2.24, 2.45) is 0 Å². The van der Waals surface area contributed by atoms with Gasteiger partial charge in [-0.2, -0.15) is 0 Å². The molecule has 4 atom stereocenters. The number of benzene rings is 1. The molecule has 1 N–H and O–H groups in total. The van der Waals surface area contributed by atoms with E-state index in [4.69, 9.17) is 14.2 Å². The average molecular weight is 320 g/mol. The van der Waals surface area contributed by atoms with Crippen LogP contribution in [0.25, 0.3) is 0 Å². The molecular formula is C19H28O4. The van der Waals surface area contributed by atoms with Gasteiger partial charge in [0, 0.05) is 19.4 Å². The fraction of sp³-hybridized carbons (Fsp3) is 0.684. The Hall–Kier alpha value is -0.940. The van der Waals surface area contributed by atoms with Gasteiger partial charge in [0.2, 0.25) is 0 Å². The highest BCUT2D eigenvalue weighted by Crippen LogP contribution is 2.37. The number of hydrogen-bond acceptors (Lipinski definition) is 4. The van der Waals surface area contributed by atoms with Crippen molar-refractivity contribution in [1.82, 2.24) is 0 Å². The Morgan fingerprint density at radius 2 is 2.00 bits per heavy atom. The van der Waals surface area contributed by atoms with Crippen LogP contribution in [-0.4, -0.2) is 30.2 Å². The van der Waals surface area contributed by atoms with Crippen molar-refractivity contribution in [1.29, 1.82) is 0 Å². The summed E-state index contributed by atoms with van der Waals surface area (Å²) in [6, 6.07) is 8.11. The van der Waals surface area contributed by atoms with Crippen LogP contribution in [0.2, 0.25) is 0 Å². The Bertz CT molecular complexity index is 500. The summed E-state index contributed by atoms with van der Waals surface area (Å²) < 4.78 is 17.2. The standard InChI is InChI=1S/C19H28O4/c1-14-11-19(20,12-15(2)23-14)17-7-5-6-16(10-17)13-22-18-8-3-4-9-21-18/h5-7,10,14-15,18,20H,3-4,8-9,11-13H2,1-2H3/t14-,15+,18?,19?. The summed E-state index contributed by atoms with van der Waals surface area (Å²) in [5, 5.41) is 11.1. The van der Waals surface area contributed by atoms with Crippen LogP contribution in [-0.2, 0) is 26.4 Å². The molecule has 1 aromatic rings. The normalized spacial score (nSPS) is 35.2. The lowest BCUT2D eigenvalue weighted by molar-refractivity contribution is -0.169. The maximum Gasteiger partial charge on any atom is 0.158 e. The highest BCUT2D eigenvalue weighted by Gasteiger charge is 2.38. The van der Waals surface area contributed by atoms with E-state index in [0.717, 1.165) is 30.6 Å². The van der Waals surface area contributed by atoms with Crippen LogP contribution in [0.1, 0.15) is 57.1 Å². The second kappa shape index (κ2) is 7.31. The van der Waals surface area contributed by atoms with Crippen molar-refractivity contribution in [2.75, 3.05) is 6.61 Å². The molecule has 0 saturated carbocycles. The highest BCUT2D eigenvalue weighted by atomic mass is 16.7. The molecule has 0 aromatic heterocycles. The summed E-state index contributed by atoms with van der Waals surface area (Å²) in [6.45, 7) is 5.36. The number of hydrogen-bond donors (Lipinski definition) is 1. The quantitative estimate of drug-likeness (QED) is 0.922. The second-order valence-electron chi connectivity index (χ2n) is 7.00. The molecule has 0 aliphatic carbocycles. The van der Waals surface area contributed by atoms with Gasteiger partial charge in [0.25, 0.3) is 0 Å². The van der Waals surface area contributed by atoms with Gasteiger partial charge in [0.05, 0.1) is 24.4 Å². The first-order valence-electron chi connectivity index (χ1n) is 8.76. The van der Waals surface area contributed by atoms with E-state index in [1.54, 1.807) is 0 Å². The first-order chi connectivity index (χ1) is 11.0. The van der Waals surface area contributed by atoms with Crippen molar-refractivity contribution < 1.29 is 19.3 Å². The van der Waals surface area contributed by atoms with Gasteiger partial charge in [-0.3, -0.25) is 0 Å². The van der Waals surface area contributed by atoms with Crippen LogP contribution in [0.4, 0.5) is 0 Å². The summed E-state index contributed by atoms with van der Waals surface area (Å²) in [6.07, 6.45) is 4.58.